The molecule has 2 aromatic rings. The van der Waals surface area contributed by atoms with Crippen molar-refractivity contribution in [3.8, 4) is 11.5 Å². The molecule has 3 rings (SSSR count). The molecule has 0 saturated carbocycles. The summed E-state index contributed by atoms with van der Waals surface area (Å²) >= 11 is 0. The highest BCUT2D eigenvalue weighted by Crippen LogP contribution is 2.25. The molecule has 1 N–H and O–H groups in total. The zero-order chi connectivity index (χ0) is 19.6. The number of ether oxygens (including phenoxy) is 2. The van der Waals surface area contributed by atoms with Gasteiger partial charge in [-0.2, -0.15) is 0 Å². The molecule has 1 fully saturated rings. The minimum Gasteiger partial charge on any atom is -0.490 e. The van der Waals surface area contributed by atoms with E-state index in [0.717, 1.165) is 38.2 Å². The van der Waals surface area contributed by atoms with Crippen molar-refractivity contribution in [2.75, 3.05) is 39.9 Å². The molecule has 5 heteroatoms. The predicted molar refractivity (Wildman–Crippen MR) is 111 cm³/mol. The van der Waals surface area contributed by atoms with E-state index in [9.17, 15) is 4.79 Å². The lowest BCUT2D eigenvalue weighted by Gasteiger charge is -2.32. The Morgan fingerprint density at radius 2 is 1.68 bits per heavy atom. The number of piperidine rings is 1. The standard InChI is InChI=1S/C23H30N2O3/c1-24-14-11-19-12-15-25(16-13-19)23(26)21-9-5-6-10-22(21)28-18-17-27-20-7-3-2-4-8-20/h2-10,19,24H,11-18H2,1H3. The Morgan fingerprint density at radius 1 is 1.00 bits per heavy atom. The summed E-state index contributed by atoms with van der Waals surface area (Å²) in [7, 11) is 1.99. The van der Waals surface area contributed by atoms with E-state index in [1.165, 1.54) is 6.42 Å². The minimum atomic E-state index is 0.0617. The first-order valence-corrected chi connectivity index (χ1v) is 10.1. The molecule has 0 spiro atoms. The predicted octanol–water partition coefficient (Wildman–Crippen LogP) is 3.61. The van der Waals surface area contributed by atoms with Crippen molar-refractivity contribution in [3.63, 3.8) is 0 Å². The number of amides is 1. The first-order chi connectivity index (χ1) is 13.8. The van der Waals surface area contributed by atoms with Crippen molar-refractivity contribution in [1.82, 2.24) is 10.2 Å². The van der Waals surface area contributed by atoms with Crippen LogP contribution < -0.4 is 14.8 Å². The van der Waals surface area contributed by atoms with Gasteiger partial charge in [0.05, 0.1) is 5.56 Å². The molecule has 0 atom stereocenters. The Labute approximate surface area is 167 Å². The lowest BCUT2D eigenvalue weighted by atomic mass is 9.93. The summed E-state index contributed by atoms with van der Waals surface area (Å²) in [5, 5.41) is 3.21. The second-order valence-corrected chi connectivity index (χ2v) is 7.13. The van der Waals surface area contributed by atoms with E-state index in [1.807, 2.05) is 66.5 Å². The maximum Gasteiger partial charge on any atom is 0.257 e. The van der Waals surface area contributed by atoms with Crippen LogP contribution in [0.5, 0.6) is 11.5 Å². The van der Waals surface area contributed by atoms with Crippen LogP contribution in [0.4, 0.5) is 0 Å². The monoisotopic (exact) mass is 382 g/mol. The number of likely N-dealkylation sites (tertiary alicyclic amines) is 1. The third-order valence-electron chi connectivity index (χ3n) is 5.17. The van der Waals surface area contributed by atoms with E-state index >= 15 is 0 Å². The summed E-state index contributed by atoms with van der Waals surface area (Å²) in [5.74, 6) is 2.21. The van der Waals surface area contributed by atoms with Gasteiger partial charge in [-0.15, -0.1) is 0 Å². The molecule has 0 radical (unpaired) electrons. The van der Waals surface area contributed by atoms with E-state index in [1.54, 1.807) is 0 Å². The summed E-state index contributed by atoms with van der Waals surface area (Å²) in [6.45, 7) is 3.51. The lowest BCUT2D eigenvalue weighted by molar-refractivity contribution is 0.0682. The minimum absolute atomic E-state index is 0.0617. The molecule has 1 heterocycles. The van der Waals surface area contributed by atoms with Crippen LogP contribution in [0, 0.1) is 5.92 Å². The van der Waals surface area contributed by atoms with Crippen molar-refractivity contribution < 1.29 is 14.3 Å². The van der Waals surface area contributed by atoms with Crippen LogP contribution >= 0.6 is 0 Å². The van der Waals surface area contributed by atoms with Crippen LogP contribution in [-0.2, 0) is 0 Å². The molecule has 0 bridgehead atoms. The van der Waals surface area contributed by atoms with E-state index in [0.29, 0.717) is 30.4 Å². The molecule has 5 nitrogen and oxygen atoms in total. The maximum atomic E-state index is 13.0. The largest absolute Gasteiger partial charge is 0.490 e. The molecule has 2 aromatic carbocycles. The summed E-state index contributed by atoms with van der Waals surface area (Å²) in [5.41, 5.74) is 0.635. The molecule has 1 aliphatic heterocycles. The van der Waals surface area contributed by atoms with Crippen LogP contribution in [0.25, 0.3) is 0 Å². The van der Waals surface area contributed by atoms with Gasteiger partial charge in [-0.25, -0.2) is 0 Å². The third-order valence-corrected chi connectivity index (χ3v) is 5.17. The van der Waals surface area contributed by atoms with Gasteiger partial charge in [0.2, 0.25) is 0 Å². The molecule has 28 heavy (non-hydrogen) atoms. The number of hydrogen-bond acceptors (Lipinski definition) is 4. The smallest absolute Gasteiger partial charge is 0.257 e. The maximum absolute atomic E-state index is 13.0. The molecular weight excluding hydrogens is 352 g/mol. The molecule has 0 aliphatic carbocycles. The number of nitrogens with one attached hydrogen (secondary N) is 1. The Bertz CT molecular complexity index is 728. The van der Waals surface area contributed by atoms with Crippen LogP contribution in [0.2, 0.25) is 0 Å². The molecule has 1 saturated heterocycles. The van der Waals surface area contributed by atoms with Gasteiger partial charge < -0.3 is 19.7 Å². The van der Waals surface area contributed by atoms with Gasteiger partial charge in [0.25, 0.3) is 5.91 Å². The van der Waals surface area contributed by atoms with Crippen molar-refractivity contribution >= 4 is 5.91 Å². The first-order valence-electron chi connectivity index (χ1n) is 10.1. The van der Waals surface area contributed by atoms with Gasteiger partial charge in [0.1, 0.15) is 24.7 Å². The Kier molecular flexibility index (Phi) is 7.73. The second kappa shape index (κ2) is 10.7. The highest BCUT2D eigenvalue weighted by atomic mass is 16.5. The number of carbonyl (C=O) groups excluding carboxylic acids is 1. The van der Waals surface area contributed by atoms with Gasteiger partial charge in [-0.05, 0) is 63.0 Å². The van der Waals surface area contributed by atoms with Crippen LogP contribution in [0.1, 0.15) is 29.6 Å². The molecule has 1 amide bonds. The average Bonchev–Trinajstić information content (AvgIpc) is 2.76. The van der Waals surface area contributed by atoms with Crippen molar-refractivity contribution in [1.29, 1.82) is 0 Å². The highest BCUT2D eigenvalue weighted by Gasteiger charge is 2.25. The molecule has 0 unspecified atom stereocenters. The second-order valence-electron chi connectivity index (χ2n) is 7.13. The van der Waals surface area contributed by atoms with Crippen molar-refractivity contribution in [3.05, 3.63) is 60.2 Å². The Morgan fingerprint density at radius 3 is 2.43 bits per heavy atom. The fourth-order valence-electron chi connectivity index (χ4n) is 3.54. The number of carbonyl (C=O) groups is 1. The number of rotatable bonds is 9. The number of benzene rings is 2. The van der Waals surface area contributed by atoms with Gasteiger partial charge in [0, 0.05) is 13.1 Å². The average molecular weight is 383 g/mol. The zero-order valence-electron chi connectivity index (χ0n) is 16.6. The van der Waals surface area contributed by atoms with Gasteiger partial charge >= 0.3 is 0 Å². The number of para-hydroxylation sites is 2. The van der Waals surface area contributed by atoms with Crippen LogP contribution in [-0.4, -0.2) is 50.7 Å². The van der Waals surface area contributed by atoms with E-state index in [4.69, 9.17) is 9.47 Å². The highest BCUT2D eigenvalue weighted by molar-refractivity contribution is 5.97. The Balaban J connectivity index is 1.51. The fraction of sp³-hybridized carbons (Fsp3) is 0.435. The van der Waals surface area contributed by atoms with Crippen molar-refractivity contribution in [2.24, 2.45) is 5.92 Å². The van der Waals surface area contributed by atoms with Crippen LogP contribution in [0.15, 0.2) is 54.6 Å². The SMILES string of the molecule is CNCCC1CCN(C(=O)c2ccccc2OCCOc2ccccc2)CC1. The lowest BCUT2D eigenvalue weighted by Crippen LogP contribution is -2.39. The summed E-state index contributed by atoms with van der Waals surface area (Å²) in [4.78, 5) is 15.0. The normalized spacial score (nSPS) is 14.7. The first kappa shape index (κ1) is 20.2. The molecular formula is C23H30N2O3. The topological polar surface area (TPSA) is 50.8 Å². The van der Waals surface area contributed by atoms with E-state index in [2.05, 4.69) is 5.32 Å². The van der Waals surface area contributed by atoms with Gasteiger partial charge in [-0.3, -0.25) is 4.79 Å². The zero-order valence-corrected chi connectivity index (χ0v) is 16.6. The van der Waals surface area contributed by atoms with Gasteiger partial charge in [0.15, 0.2) is 0 Å². The van der Waals surface area contributed by atoms with Crippen LogP contribution in [0.3, 0.4) is 0 Å². The summed E-state index contributed by atoms with van der Waals surface area (Å²) in [6, 6.07) is 17.1. The van der Waals surface area contributed by atoms with E-state index in [-0.39, 0.29) is 5.91 Å². The summed E-state index contributed by atoms with van der Waals surface area (Å²) < 4.78 is 11.5. The molecule has 0 aromatic heterocycles. The van der Waals surface area contributed by atoms with Gasteiger partial charge in [-0.1, -0.05) is 30.3 Å². The Hall–Kier alpha value is -2.53. The third kappa shape index (κ3) is 5.73. The number of nitrogens with zero attached hydrogens (tertiary/aromatic N) is 1. The van der Waals surface area contributed by atoms with Crippen molar-refractivity contribution in [2.45, 2.75) is 19.3 Å². The summed E-state index contributed by atoms with van der Waals surface area (Å²) in [6.07, 6.45) is 3.32. The molecule has 1 aliphatic rings. The quantitative estimate of drug-likeness (QED) is 0.673. The van der Waals surface area contributed by atoms with E-state index < -0.39 is 0 Å². The molecule has 150 valence electrons. The number of hydrogen-bond donors (Lipinski definition) is 1. The fourth-order valence-corrected chi connectivity index (χ4v) is 3.54.